The van der Waals surface area contributed by atoms with Gasteiger partial charge in [-0.15, -0.1) is 0 Å². The molecule has 0 spiro atoms. The van der Waals surface area contributed by atoms with Crippen molar-refractivity contribution in [3.8, 4) is 0 Å². The Bertz CT molecular complexity index is 434. The lowest BCUT2D eigenvalue weighted by Crippen LogP contribution is -2.46. The summed E-state index contributed by atoms with van der Waals surface area (Å²) in [4.78, 5) is 18.2. The smallest absolute Gasteiger partial charge is 0.272 e. The van der Waals surface area contributed by atoms with E-state index in [-0.39, 0.29) is 11.9 Å². The lowest BCUT2D eigenvalue weighted by molar-refractivity contribution is 0.0264. The lowest BCUT2D eigenvalue weighted by atomic mass is 9.91. The summed E-state index contributed by atoms with van der Waals surface area (Å²) in [7, 11) is 1.76. The minimum atomic E-state index is -0.406. The molecule has 1 N–H and O–H groups in total. The summed E-state index contributed by atoms with van der Waals surface area (Å²) < 4.78 is 0. The van der Waals surface area contributed by atoms with E-state index in [1.807, 2.05) is 19.1 Å². The van der Waals surface area contributed by atoms with Crippen LogP contribution in [-0.4, -0.2) is 40.1 Å². The Morgan fingerprint density at radius 3 is 2.83 bits per heavy atom. The predicted molar refractivity (Wildman–Crippen MR) is 69.3 cm³/mol. The maximum absolute atomic E-state index is 12.4. The average Bonchev–Trinajstić information content (AvgIpc) is 2.38. The van der Waals surface area contributed by atoms with Gasteiger partial charge < -0.3 is 10.0 Å². The molecule has 1 heterocycles. The fraction of sp³-hybridized carbons (Fsp3) is 0.571. The van der Waals surface area contributed by atoms with Gasteiger partial charge in [-0.25, -0.2) is 0 Å². The largest absolute Gasteiger partial charge is 0.391 e. The van der Waals surface area contributed by atoms with E-state index >= 15 is 0 Å². The van der Waals surface area contributed by atoms with Gasteiger partial charge in [0.25, 0.3) is 5.91 Å². The van der Waals surface area contributed by atoms with E-state index in [0.717, 1.165) is 31.2 Å². The van der Waals surface area contributed by atoms with Crippen molar-refractivity contribution in [1.29, 1.82) is 0 Å². The topological polar surface area (TPSA) is 53.4 Å². The van der Waals surface area contributed by atoms with Crippen molar-refractivity contribution in [1.82, 2.24) is 9.88 Å². The number of hydrogen-bond acceptors (Lipinski definition) is 3. The molecule has 1 aromatic rings. The number of nitrogens with zero attached hydrogens (tertiary/aromatic N) is 2. The Kier molecular flexibility index (Phi) is 3.97. The van der Waals surface area contributed by atoms with E-state index < -0.39 is 6.10 Å². The molecule has 0 aromatic carbocycles. The summed E-state index contributed by atoms with van der Waals surface area (Å²) in [6.45, 7) is 1.88. The monoisotopic (exact) mass is 248 g/mol. The molecule has 1 saturated carbocycles. The third-order valence-electron chi connectivity index (χ3n) is 3.72. The van der Waals surface area contributed by atoms with Crippen molar-refractivity contribution in [2.75, 3.05) is 7.05 Å². The van der Waals surface area contributed by atoms with Gasteiger partial charge in [0.05, 0.1) is 12.1 Å². The first-order valence-electron chi connectivity index (χ1n) is 6.48. The number of aryl methyl sites for hydroxylation is 1. The van der Waals surface area contributed by atoms with Crippen molar-refractivity contribution < 1.29 is 9.90 Å². The molecule has 1 aromatic heterocycles. The molecule has 1 aliphatic carbocycles. The van der Waals surface area contributed by atoms with E-state index in [2.05, 4.69) is 4.98 Å². The number of pyridine rings is 1. The van der Waals surface area contributed by atoms with Crippen LogP contribution in [-0.2, 0) is 0 Å². The van der Waals surface area contributed by atoms with Crippen LogP contribution in [0, 0.1) is 6.92 Å². The fourth-order valence-electron chi connectivity index (χ4n) is 2.57. The van der Waals surface area contributed by atoms with Crippen molar-refractivity contribution >= 4 is 5.91 Å². The van der Waals surface area contributed by atoms with Crippen LogP contribution in [0.1, 0.15) is 41.7 Å². The number of aliphatic hydroxyl groups is 1. The summed E-state index contributed by atoms with van der Waals surface area (Å²) in [5.41, 5.74) is 1.36. The van der Waals surface area contributed by atoms with Crippen LogP contribution >= 0.6 is 0 Å². The van der Waals surface area contributed by atoms with E-state index in [1.165, 1.54) is 0 Å². The zero-order valence-corrected chi connectivity index (χ0v) is 11.0. The molecule has 2 atom stereocenters. The molecule has 0 bridgehead atoms. The van der Waals surface area contributed by atoms with Gasteiger partial charge in [0.2, 0.25) is 0 Å². The Hall–Kier alpha value is -1.42. The normalized spacial score (nSPS) is 23.7. The molecular formula is C14H20N2O2. The van der Waals surface area contributed by atoms with Crippen LogP contribution in [0.2, 0.25) is 0 Å². The summed E-state index contributed by atoms with van der Waals surface area (Å²) in [6.07, 6.45) is 4.99. The van der Waals surface area contributed by atoms with E-state index in [4.69, 9.17) is 0 Å². The molecule has 98 valence electrons. The third-order valence-corrected chi connectivity index (χ3v) is 3.72. The van der Waals surface area contributed by atoms with Crippen molar-refractivity contribution in [2.24, 2.45) is 0 Å². The standard InChI is InChI=1S/C14H20N2O2/c1-10-6-5-9-15-13(10)14(18)16(2)11-7-3-4-8-12(11)17/h5-6,9,11-12,17H,3-4,7-8H2,1-2H3. The molecule has 18 heavy (non-hydrogen) atoms. The van der Waals surface area contributed by atoms with Crippen molar-refractivity contribution in [3.05, 3.63) is 29.6 Å². The van der Waals surface area contributed by atoms with Crippen LogP contribution in [0.5, 0.6) is 0 Å². The summed E-state index contributed by atoms with van der Waals surface area (Å²) in [6, 6.07) is 3.63. The van der Waals surface area contributed by atoms with Gasteiger partial charge in [-0.1, -0.05) is 18.9 Å². The first-order valence-corrected chi connectivity index (χ1v) is 6.48. The van der Waals surface area contributed by atoms with Gasteiger partial charge in [-0.05, 0) is 31.4 Å². The summed E-state index contributed by atoms with van der Waals surface area (Å²) in [5, 5.41) is 9.99. The molecule has 2 rings (SSSR count). The predicted octanol–water partition coefficient (Wildman–Crippen LogP) is 1.77. The van der Waals surface area contributed by atoms with Crippen LogP contribution < -0.4 is 0 Å². The minimum Gasteiger partial charge on any atom is -0.391 e. The quantitative estimate of drug-likeness (QED) is 0.867. The van der Waals surface area contributed by atoms with Gasteiger partial charge in [0.1, 0.15) is 5.69 Å². The van der Waals surface area contributed by atoms with E-state index in [1.54, 1.807) is 18.1 Å². The van der Waals surface area contributed by atoms with Gasteiger partial charge in [0.15, 0.2) is 0 Å². The molecular weight excluding hydrogens is 228 g/mol. The number of aromatic nitrogens is 1. The number of aliphatic hydroxyl groups excluding tert-OH is 1. The van der Waals surface area contributed by atoms with Crippen LogP contribution in [0.3, 0.4) is 0 Å². The maximum Gasteiger partial charge on any atom is 0.272 e. The second kappa shape index (κ2) is 5.48. The number of rotatable bonds is 2. The van der Waals surface area contributed by atoms with Gasteiger partial charge in [-0.3, -0.25) is 9.78 Å². The number of amides is 1. The highest BCUT2D eigenvalue weighted by Gasteiger charge is 2.30. The lowest BCUT2D eigenvalue weighted by Gasteiger charge is -2.35. The van der Waals surface area contributed by atoms with Gasteiger partial charge in [-0.2, -0.15) is 0 Å². The van der Waals surface area contributed by atoms with Crippen molar-refractivity contribution in [3.63, 3.8) is 0 Å². The Balaban J connectivity index is 2.16. The fourth-order valence-corrected chi connectivity index (χ4v) is 2.57. The highest BCUT2D eigenvalue weighted by atomic mass is 16.3. The summed E-state index contributed by atoms with van der Waals surface area (Å²) in [5.74, 6) is -0.0981. The minimum absolute atomic E-state index is 0.0762. The molecule has 4 heteroatoms. The second-order valence-electron chi connectivity index (χ2n) is 5.00. The zero-order chi connectivity index (χ0) is 13.1. The SMILES string of the molecule is Cc1cccnc1C(=O)N(C)C1CCCCC1O. The maximum atomic E-state index is 12.4. The number of hydrogen-bond donors (Lipinski definition) is 1. The summed E-state index contributed by atoms with van der Waals surface area (Å²) >= 11 is 0. The highest BCUT2D eigenvalue weighted by Crippen LogP contribution is 2.23. The molecule has 1 aliphatic rings. The molecule has 2 unspecified atom stereocenters. The average molecular weight is 248 g/mol. The van der Waals surface area contributed by atoms with Crippen LogP contribution in [0.4, 0.5) is 0 Å². The number of carbonyl (C=O) groups excluding carboxylic acids is 1. The first-order chi connectivity index (χ1) is 8.61. The molecule has 0 radical (unpaired) electrons. The molecule has 0 saturated heterocycles. The molecule has 1 fully saturated rings. The first kappa shape index (κ1) is 13.0. The van der Waals surface area contributed by atoms with Gasteiger partial charge >= 0.3 is 0 Å². The Morgan fingerprint density at radius 1 is 1.44 bits per heavy atom. The van der Waals surface area contributed by atoms with Gasteiger partial charge in [0, 0.05) is 13.2 Å². The Labute approximate surface area is 108 Å². The third kappa shape index (κ3) is 2.53. The number of carbonyl (C=O) groups is 1. The highest BCUT2D eigenvalue weighted by molar-refractivity contribution is 5.93. The molecule has 4 nitrogen and oxygen atoms in total. The second-order valence-corrected chi connectivity index (χ2v) is 5.00. The molecule has 0 aliphatic heterocycles. The van der Waals surface area contributed by atoms with Crippen molar-refractivity contribution in [2.45, 2.75) is 44.8 Å². The van der Waals surface area contributed by atoms with E-state index in [9.17, 15) is 9.90 Å². The van der Waals surface area contributed by atoms with Crippen LogP contribution in [0.15, 0.2) is 18.3 Å². The van der Waals surface area contributed by atoms with E-state index in [0.29, 0.717) is 5.69 Å². The van der Waals surface area contributed by atoms with Crippen LogP contribution in [0.25, 0.3) is 0 Å². The number of likely N-dealkylation sites (N-methyl/N-ethyl adjacent to an activating group) is 1. The molecule has 1 amide bonds. The zero-order valence-electron chi connectivity index (χ0n) is 11.0. The Morgan fingerprint density at radius 2 is 2.17 bits per heavy atom.